The molecular formula is C14H16ClNO2S. The molecule has 0 saturated carbocycles. The Labute approximate surface area is 121 Å². The van der Waals surface area contributed by atoms with E-state index in [1.54, 1.807) is 18.4 Å². The summed E-state index contributed by atoms with van der Waals surface area (Å²) < 4.78 is 5.92. The minimum absolute atomic E-state index is 0.489. The molecule has 0 saturated heterocycles. The van der Waals surface area contributed by atoms with Gasteiger partial charge in [0.15, 0.2) is 0 Å². The van der Waals surface area contributed by atoms with Crippen molar-refractivity contribution in [2.45, 2.75) is 12.6 Å². The summed E-state index contributed by atoms with van der Waals surface area (Å²) >= 11 is 7.40. The van der Waals surface area contributed by atoms with Crippen LogP contribution in [0.2, 0.25) is 4.34 Å². The number of thiophene rings is 1. The van der Waals surface area contributed by atoms with Gasteiger partial charge in [0.25, 0.3) is 0 Å². The summed E-state index contributed by atoms with van der Waals surface area (Å²) in [5.74, 6) is 0.751. The molecule has 5 heteroatoms. The average Bonchev–Trinajstić information content (AvgIpc) is 2.84. The lowest BCUT2D eigenvalue weighted by Gasteiger charge is -2.12. The van der Waals surface area contributed by atoms with Crippen LogP contribution in [0.4, 0.5) is 0 Å². The Hall–Kier alpha value is -1.07. The van der Waals surface area contributed by atoms with Crippen molar-refractivity contribution >= 4 is 22.9 Å². The van der Waals surface area contributed by atoms with Gasteiger partial charge in [-0.1, -0.05) is 23.7 Å². The zero-order chi connectivity index (χ0) is 13.7. The fourth-order valence-electron chi connectivity index (χ4n) is 1.75. The second kappa shape index (κ2) is 6.91. The van der Waals surface area contributed by atoms with E-state index in [9.17, 15) is 5.11 Å². The lowest BCUT2D eigenvalue weighted by Crippen LogP contribution is -2.20. The van der Waals surface area contributed by atoms with E-state index in [1.807, 2.05) is 36.4 Å². The lowest BCUT2D eigenvalue weighted by molar-refractivity contribution is 0.174. The van der Waals surface area contributed by atoms with Crippen LogP contribution in [0.25, 0.3) is 0 Å². The maximum Gasteiger partial charge on any atom is 0.119 e. The van der Waals surface area contributed by atoms with Gasteiger partial charge < -0.3 is 15.2 Å². The summed E-state index contributed by atoms with van der Waals surface area (Å²) in [7, 11) is 1.62. The van der Waals surface area contributed by atoms with Gasteiger partial charge in [-0.25, -0.2) is 0 Å². The summed E-state index contributed by atoms with van der Waals surface area (Å²) in [6.07, 6.45) is -0.550. The molecule has 0 bridgehead atoms. The fraction of sp³-hybridized carbons (Fsp3) is 0.286. The summed E-state index contributed by atoms with van der Waals surface area (Å²) in [4.78, 5) is 1.16. The second-order valence-electron chi connectivity index (χ2n) is 4.13. The van der Waals surface area contributed by atoms with Gasteiger partial charge in [-0.05, 0) is 29.8 Å². The predicted octanol–water partition coefficient (Wildman–Crippen LogP) is 3.23. The molecule has 0 fully saturated rings. The SMILES string of the molecule is COc1cccc(C(O)CNCc2ccc(Cl)s2)c1. The molecule has 0 aliphatic carbocycles. The Morgan fingerprint density at radius 1 is 1.37 bits per heavy atom. The van der Waals surface area contributed by atoms with E-state index in [-0.39, 0.29) is 0 Å². The van der Waals surface area contributed by atoms with Gasteiger partial charge in [0.05, 0.1) is 17.6 Å². The van der Waals surface area contributed by atoms with Gasteiger partial charge >= 0.3 is 0 Å². The van der Waals surface area contributed by atoms with E-state index in [1.165, 1.54) is 0 Å². The van der Waals surface area contributed by atoms with Crippen molar-refractivity contribution in [1.29, 1.82) is 0 Å². The Kier molecular flexibility index (Phi) is 5.22. The van der Waals surface area contributed by atoms with Crippen LogP contribution in [0.15, 0.2) is 36.4 Å². The van der Waals surface area contributed by atoms with E-state index >= 15 is 0 Å². The molecule has 3 nitrogen and oxygen atoms in total. The smallest absolute Gasteiger partial charge is 0.119 e. The lowest BCUT2D eigenvalue weighted by atomic mass is 10.1. The highest BCUT2D eigenvalue weighted by Crippen LogP contribution is 2.22. The van der Waals surface area contributed by atoms with Crippen LogP contribution in [0, 0.1) is 0 Å². The first-order valence-corrected chi connectivity index (χ1v) is 7.15. The minimum Gasteiger partial charge on any atom is -0.497 e. The maximum atomic E-state index is 10.1. The van der Waals surface area contributed by atoms with E-state index < -0.39 is 6.10 Å². The van der Waals surface area contributed by atoms with Crippen LogP contribution >= 0.6 is 22.9 Å². The van der Waals surface area contributed by atoms with Crippen molar-refractivity contribution in [2.24, 2.45) is 0 Å². The fourth-order valence-corrected chi connectivity index (χ4v) is 2.80. The summed E-state index contributed by atoms with van der Waals surface area (Å²) in [6, 6.07) is 11.3. The molecule has 0 aliphatic rings. The topological polar surface area (TPSA) is 41.5 Å². The van der Waals surface area contributed by atoms with E-state index in [0.29, 0.717) is 13.1 Å². The van der Waals surface area contributed by atoms with E-state index in [2.05, 4.69) is 5.32 Å². The number of nitrogens with one attached hydrogen (secondary N) is 1. The largest absolute Gasteiger partial charge is 0.497 e. The molecule has 0 amide bonds. The van der Waals surface area contributed by atoms with Gasteiger partial charge in [0.2, 0.25) is 0 Å². The molecule has 2 rings (SSSR count). The molecule has 102 valence electrons. The van der Waals surface area contributed by atoms with Gasteiger partial charge in [-0.2, -0.15) is 0 Å². The number of halogens is 1. The van der Waals surface area contributed by atoms with E-state index in [0.717, 1.165) is 20.5 Å². The number of methoxy groups -OCH3 is 1. The predicted molar refractivity (Wildman–Crippen MR) is 79.0 cm³/mol. The van der Waals surface area contributed by atoms with Crippen LogP contribution in [0.3, 0.4) is 0 Å². The number of hydrogen-bond donors (Lipinski definition) is 2. The molecule has 1 atom stereocenters. The quantitative estimate of drug-likeness (QED) is 0.860. The van der Waals surface area contributed by atoms with E-state index in [4.69, 9.17) is 16.3 Å². The van der Waals surface area contributed by atoms with Gasteiger partial charge in [0, 0.05) is 18.0 Å². The molecular weight excluding hydrogens is 282 g/mol. The van der Waals surface area contributed by atoms with Crippen LogP contribution in [-0.2, 0) is 6.54 Å². The highest BCUT2D eigenvalue weighted by atomic mass is 35.5. The molecule has 2 aromatic rings. The third kappa shape index (κ3) is 4.21. The van der Waals surface area contributed by atoms with Gasteiger partial charge in [-0.3, -0.25) is 0 Å². The van der Waals surface area contributed by atoms with Crippen molar-refractivity contribution in [3.63, 3.8) is 0 Å². The zero-order valence-electron chi connectivity index (χ0n) is 10.6. The first-order chi connectivity index (χ1) is 9.19. The van der Waals surface area contributed by atoms with Gasteiger partial charge in [0.1, 0.15) is 5.75 Å². The summed E-state index contributed by atoms with van der Waals surface area (Å²) in [5, 5.41) is 13.3. The molecule has 1 unspecified atom stereocenters. The number of benzene rings is 1. The minimum atomic E-state index is -0.550. The maximum absolute atomic E-state index is 10.1. The van der Waals surface area contributed by atoms with Crippen molar-refractivity contribution in [3.8, 4) is 5.75 Å². The van der Waals surface area contributed by atoms with Crippen molar-refractivity contribution in [1.82, 2.24) is 5.32 Å². The standard InChI is InChI=1S/C14H16ClNO2S/c1-18-11-4-2-3-10(7-11)13(17)9-16-8-12-5-6-14(15)19-12/h2-7,13,16-17H,8-9H2,1H3. The first-order valence-electron chi connectivity index (χ1n) is 5.96. The number of rotatable bonds is 6. The molecule has 1 aromatic carbocycles. The third-order valence-corrected chi connectivity index (χ3v) is 3.98. The number of hydrogen-bond acceptors (Lipinski definition) is 4. The zero-order valence-corrected chi connectivity index (χ0v) is 12.2. The molecule has 0 aliphatic heterocycles. The molecule has 1 aromatic heterocycles. The molecule has 1 heterocycles. The Bertz CT molecular complexity index is 530. The number of aliphatic hydroxyl groups excluding tert-OH is 1. The average molecular weight is 298 g/mol. The third-order valence-electron chi connectivity index (χ3n) is 2.74. The molecule has 0 radical (unpaired) electrons. The van der Waals surface area contributed by atoms with Crippen molar-refractivity contribution in [2.75, 3.05) is 13.7 Å². The normalized spacial score (nSPS) is 12.4. The molecule has 0 spiro atoms. The van der Waals surface area contributed by atoms with Crippen LogP contribution < -0.4 is 10.1 Å². The molecule has 19 heavy (non-hydrogen) atoms. The second-order valence-corrected chi connectivity index (χ2v) is 5.93. The number of aliphatic hydroxyl groups is 1. The van der Waals surface area contributed by atoms with Crippen LogP contribution in [-0.4, -0.2) is 18.8 Å². The Morgan fingerprint density at radius 3 is 2.89 bits per heavy atom. The van der Waals surface area contributed by atoms with Crippen LogP contribution in [0.1, 0.15) is 16.5 Å². The summed E-state index contributed by atoms with van der Waals surface area (Å²) in [5.41, 5.74) is 0.844. The number of ether oxygens (including phenoxy) is 1. The van der Waals surface area contributed by atoms with Gasteiger partial charge in [-0.15, -0.1) is 11.3 Å². The van der Waals surface area contributed by atoms with Crippen molar-refractivity contribution < 1.29 is 9.84 Å². The highest BCUT2D eigenvalue weighted by Gasteiger charge is 2.08. The molecule has 2 N–H and O–H groups in total. The highest BCUT2D eigenvalue weighted by molar-refractivity contribution is 7.16. The van der Waals surface area contributed by atoms with Crippen LogP contribution in [0.5, 0.6) is 5.75 Å². The van der Waals surface area contributed by atoms with Crippen molar-refractivity contribution in [3.05, 3.63) is 51.2 Å². The Morgan fingerprint density at radius 2 is 2.21 bits per heavy atom. The monoisotopic (exact) mass is 297 g/mol. The first kappa shape index (κ1) is 14.3. The summed E-state index contributed by atoms with van der Waals surface area (Å²) in [6.45, 7) is 1.20. The Balaban J connectivity index is 1.85.